The van der Waals surface area contributed by atoms with E-state index in [0.717, 1.165) is 0 Å². The second kappa shape index (κ2) is 12.3. The predicted octanol–water partition coefficient (Wildman–Crippen LogP) is 6.56. The Balaban J connectivity index is 0.00000578. The molecule has 34 heavy (non-hydrogen) atoms. The van der Waals surface area contributed by atoms with Gasteiger partial charge >= 0.3 is 12.4 Å². The number of rotatable bonds is 9. The number of carbonyl (C=O) groups excluding carboxylic acids is 1. The van der Waals surface area contributed by atoms with Crippen LogP contribution in [-0.4, -0.2) is 37.6 Å². The summed E-state index contributed by atoms with van der Waals surface area (Å²) in [6, 6.07) is 6.05. The minimum Gasteiger partial charge on any atom is -0.493 e. The SMILES string of the molecule is CC(C)COc1ccc(PC(=O)c2c(C(F)(F)F)cccc2C(F)(F)F)c(OCC(C)C)c1.[Li]. The Kier molecular flexibility index (Phi) is 11.0. The van der Waals surface area contributed by atoms with E-state index in [1.807, 2.05) is 27.7 Å². The number of halogens is 6. The normalized spacial score (nSPS) is 12.4. The fourth-order valence-electron chi connectivity index (χ4n) is 2.79. The van der Waals surface area contributed by atoms with E-state index in [-0.39, 0.29) is 48.4 Å². The van der Waals surface area contributed by atoms with Gasteiger partial charge in [-0.25, -0.2) is 0 Å². The van der Waals surface area contributed by atoms with E-state index in [4.69, 9.17) is 9.47 Å². The van der Waals surface area contributed by atoms with E-state index in [1.54, 1.807) is 0 Å². The van der Waals surface area contributed by atoms with Gasteiger partial charge in [0.2, 0.25) is 0 Å². The van der Waals surface area contributed by atoms with Crippen LogP contribution in [-0.2, 0) is 12.4 Å². The molecule has 0 heterocycles. The fourth-order valence-corrected chi connectivity index (χ4v) is 3.86. The maximum absolute atomic E-state index is 13.4. The summed E-state index contributed by atoms with van der Waals surface area (Å²) in [4.78, 5) is 12.9. The Labute approximate surface area is 208 Å². The van der Waals surface area contributed by atoms with Crippen LogP contribution in [0, 0.1) is 11.8 Å². The zero-order chi connectivity index (χ0) is 25.0. The molecule has 0 saturated carbocycles. The molecule has 183 valence electrons. The first-order valence-corrected chi connectivity index (χ1v) is 11.2. The zero-order valence-corrected chi connectivity index (χ0v) is 20.5. The number of carbonyl (C=O) groups is 1. The number of benzene rings is 2. The summed E-state index contributed by atoms with van der Waals surface area (Å²) in [6.45, 7) is 8.29. The second-order valence-corrected chi connectivity index (χ2v) is 9.49. The van der Waals surface area contributed by atoms with Crippen molar-refractivity contribution in [1.82, 2.24) is 0 Å². The first kappa shape index (κ1) is 30.3. The van der Waals surface area contributed by atoms with Crippen LogP contribution >= 0.6 is 8.58 Å². The van der Waals surface area contributed by atoms with Gasteiger partial charge in [0.05, 0.1) is 24.3 Å². The van der Waals surface area contributed by atoms with Crippen molar-refractivity contribution in [3.05, 3.63) is 53.1 Å². The van der Waals surface area contributed by atoms with E-state index < -0.39 is 43.1 Å². The van der Waals surface area contributed by atoms with Gasteiger partial charge in [0.1, 0.15) is 11.5 Å². The molecule has 0 amide bonds. The van der Waals surface area contributed by atoms with E-state index in [9.17, 15) is 31.1 Å². The molecule has 2 aromatic carbocycles. The van der Waals surface area contributed by atoms with E-state index in [2.05, 4.69) is 0 Å². The van der Waals surface area contributed by atoms with Gasteiger partial charge in [-0.15, -0.1) is 0 Å². The van der Waals surface area contributed by atoms with Crippen LogP contribution in [0.4, 0.5) is 26.3 Å². The molecule has 0 bridgehead atoms. The van der Waals surface area contributed by atoms with Crippen molar-refractivity contribution in [1.29, 1.82) is 0 Å². The number of hydrogen-bond donors (Lipinski definition) is 0. The molecule has 0 aliphatic carbocycles. The topological polar surface area (TPSA) is 35.5 Å². The number of ether oxygens (including phenoxy) is 2. The molecular formula is C23H25F6LiO3P. The van der Waals surface area contributed by atoms with Crippen molar-refractivity contribution in [3.8, 4) is 11.5 Å². The Morgan fingerprint density at radius 3 is 1.82 bits per heavy atom. The summed E-state index contributed by atoms with van der Waals surface area (Å²) in [5, 5.41) is 0.197. The molecule has 0 saturated heterocycles. The maximum atomic E-state index is 13.4. The third-order valence-electron chi connectivity index (χ3n) is 4.26. The molecule has 2 rings (SSSR count). The third kappa shape index (κ3) is 8.52. The molecule has 0 N–H and O–H groups in total. The summed E-state index contributed by atoms with van der Waals surface area (Å²) >= 11 is 0. The first-order valence-electron chi connectivity index (χ1n) is 10.2. The Morgan fingerprint density at radius 2 is 1.35 bits per heavy atom. The molecule has 1 unspecified atom stereocenters. The first-order chi connectivity index (χ1) is 15.2. The van der Waals surface area contributed by atoms with Crippen molar-refractivity contribution in [2.45, 2.75) is 40.0 Å². The van der Waals surface area contributed by atoms with Crippen LogP contribution in [0.15, 0.2) is 36.4 Å². The second-order valence-electron chi connectivity index (χ2n) is 8.25. The third-order valence-corrected chi connectivity index (χ3v) is 5.42. The van der Waals surface area contributed by atoms with Crippen molar-refractivity contribution in [3.63, 3.8) is 0 Å². The van der Waals surface area contributed by atoms with Gasteiger partial charge in [0, 0.05) is 35.8 Å². The minimum absolute atomic E-state index is 0. The van der Waals surface area contributed by atoms with Crippen LogP contribution in [0.5, 0.6) is 11.5 Å². The molecule has 1 atom stereocenters. The van der Waals surface area contributed by atoms with Crippen molar-refractivity contribution >= 4 is 38.3 Å². The van der Waals surface area contributed by atoms with Crippen molar-refractivity contribution in [2.75, 3.05) is 13.2 Å². The summed E-state index contributed by atoms with van der Waals surface area (Å²) in [5.41, 5.74) is -5.89. The molecule has 0 spiro atoms. The smallest absolute Gasteiger partial charge is 0.417 e. The summed E-state index contributed by atoms with van der Waals surface area (Å²) in [6.07, 6.45) is -10.2. The van der Waals surface area contributed by atoms with E-state index >= 15 is 0 Å². The Morgan fingerprint density at radius 1 is 0.853 bits per heavy atom. The van der Waals surface area contributed by atoms with Gasteiger partial charge in [-0.05, 0) is 44.7 Å². The van der Waals surface area contributed by atoms with Gasteiger partial charge < -0.3 is 9.47 Å². The molecule has 0 aliphatic rings. The number of hydrogen-bond acceptors (Lipinski definition) is 3. The van der Waals surface area contributed by atoms with E-state index in [0.29, 0.717) is 30.6 Å². The van der Waals surface area contributed by atoms with E-state index in [1.165, 1.54) is 18.2 Å². The molecule has 0 aliphatic heterocycles. The summed E-state index contributed by atoms with van der Waals surface area (Å²) < 4.78 is 92.0. The summed E-state index contributed by atoms with van der Waals surface area (Å²) in [5.74, 6) is 0.942. The molecule has 0 fully saturated rings. The Bertz CT molecular complexity index is 942. The van der Waals surface area contributed by atoms with Crippen LogP contribution < -0.4 is 14.8 Å². The van der Waals surface area contributed by atoms with Gasteiger partial charge in [0.25, 0.3) is 0 Å². The predicted molar refractivity (Wildman–Crippen MR) is 122 cm³/mol. The average Bonchev–Trinajstić information content (AvgIpc) is 2.69. The molecular weight excluding hydrogens is 476 g/mol. The van der Waals surface area contributed by atoms with Crippen molar-refractivity contribution < 1.29 is 40.6 Å². The van der Waals surface area contributed by atoms with Crippen LogP contribution in [0.25, 0.3) is 0 Å². The molecule has 3 nitrogen and oxygen atoms in total. The average molecular weight is 501 g/mol. The van der Waals surface area contributed by atoms with Gasteiger partial charge in [-0.2, -0.15) is 26.3 Å². The van der Waals surface area contributed by atoms with Crippen LogP contribution in [0.3, 0.4) is 0 Å². The maximum Gasteiger partial charge on any atom is 0.417 e. The fraction of sp³-hybridized carbons (Fsp3) is 0.435. The molecule has 2 aromatic rings. The summed E-state index contributed by atoms with van der Waals surface area (Å²) in [7, 11) is -1.02. The van der Waals surface area contributed by atoms with Crippen LogP contribution in [0.1, 0.15) is 49.2 Å². The molecule has 0 aromatic heterocycles. The van der Waals surface area contributed by atoms with Gasteiger partial charge in [-0.3, -0.25) is 4.79 Å². The zero-order valence-electron chi connectivity index (χ0n) is 19.5. The quantitative estimate of drug-likeness (QED) is 0.222. The minimum atomic E-state index is -5.12. The standard InChI is InChI=1S/C23H25F6O3P.Li/c1-13(2)11-31-15-8-9-19(18(10-15)32-12-14(3)4)33-21(30)20-16(22(24,25)26)6-5-7-17(20)23(27,28)29;/h5-10,13-14,33H,11-12H2,1-4H3;. The van der Waals surface area contributed by atoms with Gasteiger partial charge in [0.15, 0.2) is 5.52 Å². The molecule has 1 radical (unpaired) electrons. The largest absolute Gasteiger partial charge is 0.493 e. The number of alkyl halides is 6. The van der Waals surface area contributed by atoms with Crippen LogP contribution in [0.2, 0.25) is 0 Å². The van der Waals surface area contributed by atoms with Gasteiger partial charge in [-0.1, -0.05) is 33.8 Å². The molecule has 11 heteroatoms. The van der Waals surface area contributed by atoms with Crippen molar-refractivity contribution in [2.24, 2.45) is 11.8 Å². The monoisotopic (exact) mass is 501 g/mol. The Hall–Kier alpha value is -1.68.